The molecule has 24 heavy (non-hydrogen) atoms. The second-order valence-corrected chi connectivity index (χ2v) is 6.64. The molecule has 0 bridgehead atoms. The van der Waals surface area contributed by atoms with E-state index in [1.54, 1.807) is 0 Å². The lowest BCUT2D eigenvalue weighted by molar-refractivity contribution is 0.00621. The predicted octanol–water partition coefficient (Wildman–Crippen LogP) is 3.44. The number of aliphatic hydroxyl groups is 1. The number of hydrogen-bond donors (Lipinski definition) is 1. The molecule has 0 saturated carbocycles. The van der Waals surface area contributed by atoms with E-state index in [1.807, 2.05) is 30.3 Å². The van der Waals surface area contributed by atoms with Crippen molar-refractivity contribution in [3.63, 3.8) is 0 Å². The molecule has 1 saturated heterocycles. The van der Waals surface area contributed by atoms with Gasteiger partial charge in [-0.3, -0.25) is 0 Å². The van der Waals surface area contributed by atoms with Crippen molar-refractivity contribution in [2.75, 3.05) is 26.2 Å². The van der Waals surface area contributed by atoms with Gasteiger partial charge in [0.15, 0.2) is 0 Å². The van der Waals surface area contributed by atoms with E-state index in [1.165, 1.54) is 18.4 Å². The lowest BCUT2D eigenvalue weighted by Crippen LogP contribution is -2.39. The molecule has 0 aliphatic carbocycles. The van der Waals surface area contributed by atoms with E-state index >= 15 is 0 Å². The van der Waals surface area contributed by atoms with Crippen LogP contribution in [-0.2, 0) is 11.3 Å². The highest BCUT2D eigenvalue weighted by atomic mass is 16.5. The van der Waals surface area contributed by atoms with Crippen molar-refractivity contribution < 1.29 is 9.84 Å². The van der Waals surface area contributed by atoms with Crippen LogP contribution >= 0.6 is 0 Å². The van der Waals surface area contributed by atoms with Gasteiger partial charge in [0.25, 0.3) is 0 Å². The predicted molar refractivity (Wildman–Crippen MR) is 97.0 cm³/mol. The lowest BCUT2D eigenvalue weighted by Gasteiger charge is -2.33. The van der Waals surface area contributed by atoms with Crippen molar-refractivity contribution in [2.24, 2.45) is 0 Å². The minimum absolute atomic E-state index is 0.396. The third-order valence-corrected chi connectivity index (χ3v) is 4.75. The molecule has 3 nitrogen and oxygen atoms in total. The maximum absolute atomic E-state index is 10.2. The first-order chi connectivity index (χ1) is 11.8. The standard InChI is InChI=1S/C21H27NO2/c23-21(17-24-16-18-7-3-1-4-8-18)15-22-13-11-20(12-14-22)19-9-5-2-6-10-19/h1-10,20-21,23H,11-17H2. The molecule has 2 aromatic carbocycles. The highest BCUT2D eigenvalue weighted by Gasteiger charge is 2.21. The van der Waals surface area contributed by atoms with Crippen LogP contribution in [0.2, 0.25) is 0 Å². The second kappa shape index (κ2) is 8.97. The normalized spacial score (nSPS) is 17.7. The molecule has 1 N–H and O–H groups in total. The molecule has 2 aromatic rings. The number of ether oxygens (including phenoxy) is 1. The molecule has 1 unspecified atom stereocenters. The maximum atomic E-state index is 10.2. The summed E-state index contributed by atoms with van der Waals surface area (Å²) in [6, 6.07) is 20.9. The number of hydrogen-bond acceptors (Lipinski definition) is 3. The SMILES string of the molecule is OC(COCc1ccccc1)CN1CCC(c2ccccc2)CC1. The van der Waals surface area contributed by atoms with Gasteiger partial charge in [-0.2, -0.15) is 0 Å². The zero-order valence-corrected chi connectivity index (χ0v) is 14.2. The zero-order chi connectivity index (χ0) is 16.6. The fraction of sp³-hybridized carbons (Fsp3) is 0.429. The van der Waals surface area contributed by atoms with Crippen LogP contribution < -0.4 is 0 Å². The van der Waals surface area contributed by atoms with Gasteiger partial charge in [-0.1, -0.05) is 60.7 Å². The molecule has 1 aliphatic heterocycles. The molecular formula is C21H27NO2. The topological polar surface area (TPSA) is 32.7 Å². The van der Waals surface area contributed by atoms with Gasteiger partial charge in [-0.15, -0.1) is 0 Å². The van der Waals surface area contributed by atoms with Crippen LogP contribution in [0.5, 0.6) is 0 Å². The molecule has 0 spiro atoms. The van der Waals surface area contributed by atoms with Gasteiger partial charge < -0.3 is 14.7 Å². The van der Waals surface area contributed by atoms with E-state index < -0.39 is 6.10 Å². The van der Waals surface area contributed by atoms with E-state index in [4.69, 9.17) is 4.74 Å². The summed E-state index contributed by atoms with van der Waals surface area (Å²) < 4.78 is 5.64. The van der Waals surface area contributed by atoms with E-state index in [0.29, 0.717) is 25.7 Å². The Kier molecular flexibility index (Phi) is 6.41. The minimum atomic E-state index is -0.415. The summed E-state index contributed by atoms with van der Waals surface area (Å²) in [6.07, 6.45) is 1.92. The Hall–Kier alpha value is -1.68. The summed E-state index contributed by atoms with van der Waals surface area (Å²) in [6.45, 7) is 3.77. The average Bonchev–Trinajstić information content (AvgIpc) is 2.64. The van der Waals surface area contributed by atoms with Crippen molar-refractivity contribution in [2.45, 2.75) is 31.5 Å². The fourth-order valence-corrected chi connectivity index (χ4v) is 3.41. The highest BCUT2D eigenvalue weighted by Crippen LogP contribution is 2.27. The number of piperidine rings is 1. The average molecular weight is 325 g/mol. The molecule has 0 radical (unpaired) electrons. The largest absolute Gasteiger partial charge is 0.389 e. The smallest absolute Gasteiger partial charge is 0.0900 e. The summed E-state index contributed by atoms with van der Waals surface area (Å²) in [5.74, 6) is 0.661. The van der Waals surface area contributed by atoms with Crippen molar-refractivity contribution in [3.05, 3.63) is 71.8 Å². The number of β-amino-alcohol motifs (C(OH)–C–C–N with tert-alkyl or cyclic N) is 1. The van der Waals surface area contributed by atoms with Gasteiger partial charge in [-0.25, -0.2) is 0 Å². The molecule has 0 amide bonds. The Morgan fingerprint density at radius 1 is 0.958 bits per heavy atom. The minimum Gasteiger partial charge on any atom is -0.389 e. The second-order valence-electron chi connectivity index (χ2n) is 6.64. The lowest BCUT2D eigenvalue weighted by atomic mass is 9.89. The monoisotopic (exact) mass is 325 g/mol. The fourth-order valence-electron chi connectivity index (χ4n) is 3.41. The number of likely N-dealkylation sites (tertiary alicyclic amines) is 1. The number of nitrogens with zero attached hydrogens (tertiary/aromatic N) is 1. The van der Waals surface area contributed by atoms with Gasteiger partial charge >= 0.3 is 0 Å². The van der Waals surface area contributed by atoms with Gasteiger partial charge in [0.05, 0.1) is 19.3 Å². The van der Waals surface area contributed by atoms with Gasteiger partial charge in [-0.05, 0) is 43.0 Å². The van der Waals surface area contributed by atoms with Gasteiger partial charge in [0.2, 0.25) is 0 Å². The van der Waals surface area contributed by atoms with Crippen LogP contribution in [0, 0.1) is 0 Å². The molecule has 3 heteroatoms. The summed E-state index contributed by atoms with van der Waals surface area (Å²) in [4.78, 5) is 2.36. The summed E-state index contributed by atoms with van der Waals surface area (Å²) in [5.41, 5.74) is 2.59. The first kappa shape index (κ1) is 17.2. The molecule has 1 heterocycles. The molecule has 128 valence electrons. The third-order valence-electron chi connectivity index (χ3n) is 4.75. The van der Waals surface area contributed by atoms with Crippen molar-refractivity contribution in [3.8, 4) is 0 Å². The molecule has 1 aliphatic rings. The quantitative estimate of drug-likeness (QED) is 0.846. The van der Waals surface area contributed by atoms with Crippen LogP contribution in [0.1, 0.15) is 29.9 Å². The molecule has 0 aromatic heterocycles. The number of rotatable bonds is 7. The zero-order valence-electron chi connectivity index (χ0n) is 14.2. The first-order valence-corrected chi connectivity index (χ1v) is 8.88. The Morgan fingerprint density at radius 2 is 1.58 bits per heavy atom. The summed E-state index contributed by atoms with van der Waals surface area (Å²) in [7, 11) is 0. The van der Waals surface area contributed by atoms with E-state index in [0.717, 1.165) is 18.7 Å². The maximum Gasteiger partial charge on any atom is 0.0900 e. The highest BCUT2D eigenvalue weighted by molar-refractivity contribution is 5.20. The van der Waals surface area contributed by atoms with Crippen LogP contribution in [0.4, 0.5) is 0 Å². The van der Waals surface area contributed by atoms with E-state index in [9.17, 15) is 5.11 Å². The molecule has 3 rings (SSSR count). The van der Waals surface area contributed by atoms with Crippen LogP contribution in [0.25, 0.3) is 0 Å². The van der Waals surface area contributed by atoms with E-state index in [2.05, 4.69) is 35.2 Å². The number of benzene rings is 2. The molecular weight excluding hydrogens is 298 g/mol. The molecule has 1 fully saturated rings. The third kappa shape index (κ3) is 5.17. The Bertz CT molecular complexity index is 579. The van der Waals surface area contributed by atoms with Crippen LogP contribution in [0.15, 0.2) is 60.7 Å². The Morgan fingerprint density at radius 3 is 2.25 bits per heavy atom. The number of aliphatic hydroxyl groups excluding tert-OH is 1. The van der Waals surface area contributed by atoms with Crippen LogP contribution in [0.3, 0.4) is 0 Å². The Labute approximate surface area is 144 Å². The van der Waals surface area contributed by atoms with Crippen LogP contribution in [-0.4, -0.2) is 42.4 Å². The first-order valence-electron chi connectivity index (χ1n) is 8.88. The van der Waals surface area contributed by atoms with Crippen molar-refractivity contribution >= 4 is 0 Å². The molecule has 1 atom stereocenters. The van der Waals surface area contributed by atoms with E-state index in [-0.39, 0.29) is 0 Å². The summed E-state index contributed by atoms with van der Waals surface area (Å²) >= 11 is 0. The Balaban J connectivity index is 1.35. The van der Waals surface area contributed by atoms with Gasteiger partial charge in [0.1, 0.15) is 0 Å². The summed E-state index contributed by atoms with van der Waals surface area (Å²) in [5, 5.41) is 10.2. The van der Waals surface area contributed by atoms with Crippen molar-refractivity contribution in [1.82, 2.24) is 4.90 Å². The van der Waals surface area contributed by atoms with Crippen molar-refractivity contribution in [1.29, 1.82) is 0 Å². The van der Waals surface area contributed by atoms with Gasteiger partial charge in [0, 0.05) is 6.54 Å².